The topological polar surface area (TPSA) is 81.7 Å². The molecular weight excluding hydrogens is 298 g/mol. The lowest BCUT2D eigenvalue weighted by Crippen LogP contribution is -2.50. The molecule has 6 nitrogen and oxygen atoms in total. The zero-order chi connectivity index (χ0) is 17.5. The van der Waals surface area contributed by atoms with Crippen molar-refractivity contribution < 1.29 is 23.9 Å². The van der Waals surface area contributed by atoms with Gasteiger partial charge in [-0.2, -0.15) is 0 Å². The first-order valence-electron chi connectivity index (χ1n) is 7.47. The summed E-state index contributed by atoms with van der Waals surface area (Å²) in [5, 5.41) is 2.62. The van der Waals surface area contributed by atoms with E-state index in [1.54, 1.807) is 30.3 Å². The lowest BCUT2D eigenvalue weighted by atomic mass is 9.97. The second-order valence-corrected chi connectivity index (χ2v) is 5.41. The highest BCUT2D eigenvalue weighted by atomic mass is 16.6. The van der Waals surface area contributed by atoms with Crippen LogP contribution in [0.1, 0.15) is 45.2 Å². The normalized spacial score (nSPS) is 14.3. The van der Waals surface area contributed by atoms with E-state index in [4.69, 9.17) is 9.47 Å². The van der Waals surface area contributed by atoms with Crippen LogP contribution in [0.4, 0.5) is 0 Å². The summed E-state index contributed by atoms with van der Waals surface area (Å²) in [7, 11) is 1.25. The third-order valence-corrected chi connectivity index (χ3v) is 3.42. The van der Waals surface area contributed by atoms with Gasteiger partial charge >= 0.3 is 11.9 Å². The molecule has 0 saturated carbocycles. The summed E-state index contributed by atoms with van der Waals surface area (Å²) in [6.45, 7) is 4.66. The fraction of sp³-hybridized carbons (Fsp3) is 0.471. The van der Waals surface area contributed by atoms with Gasteiger partial charge in [0.25, 0.3) is 5.91 Å². The molecule has 1 aromatic rings. The molecule has 0 saturated heterocycles. The highest BCUT2D eigenvalue weighted by Gasteiger charge is 2.38. The largest absolute Gasteiger partial charge is 0.467 e. The molecule has 1 N–H and O–H groups in total. The van der Waals surface area contributed by atoms with Gasteiger partial charge in [0, 0.05) is 6.92 Å². The number of hydrogen-bond donors (Lipinski definition) is 1. The Kier molecular flexibility index (Phi) is 6.75. The molecule has 0 spiro atoms. The van der Waals surface area contributed by atoms with E-state index < -0.39 is 29.5 Å². The number of rotatable bonds is 7. The van der Waals surface area contributed by atoms with Crippen molar-refractivity contribution in [3.05, 3.63) is 35.9 Å². The molecule has 1 aromatic carbocycles. The van der Waals surface area contributed by atoms with Crippen molar-refractivity contribution in [3.8, 4) is 0 Å². The van der Waals surface area contributed by atoms with Crippen LogP contribution in [0, 0.1) is 0 Å². The third kappa shape index (κ3) is 5.09. The van der Waals surface area contributed by atoms with E-state index in [-0.39, 0.29) is 0 Å². The van der Waals surface area contributed by atoms with Gasteiger partial charge < -0.3 is 14.8 Å². The minimum absolute atomic E-state index is 0.348. The number of esters is 2. The Balaban J connectivity index is 3.04. The predicted octanol–water partition coefficient (Wildman–Crippen LogP) is 2.14. The Morgan fingerprint density at radius 2 is 1.83 bits per heavy atom. The Labute approximate surface area is 136 Å². The first-order valence-corrected chi connectivity index (χ1v) is 7.47. The van der Waals surface area contributed by atoms with E-state index in [2.05, 4.69) is 5.32 Å². The van der Waals surface area contributed by atoms with E-state index in [1.165, 1.54) is 21.0 Å². The van der Waals surface area contributed by atoms with Crippen molar-refractivity contribution in [1.29, 1.82) is 0 Å². The number of ether oxygens (including phenoxy) is 2. The van der Waals surface area contributed by atoms with Crippen LogP contribution in [0.25, 0.3) is 0 Å². The lowest BCUT2D eigenvalue weighted by molar-refractivity contribution is -0.166. The van der Waals surface area contributed by atoms with Gasteiger partial charge in [0.15, 0.2) is 11.6 Å². The summed E-state index contributed by atoms with van der Waals surface area (Å²) in [5.41, 5.74) is -0.740. The van der Waals surface area contributed by atoms with E-state index in [1.807, 2.05) is 6.92 Å². The molecule has 0 aliphatic rings. The molecule has 23 heavy (non-hydrogen) atoms. The first kappa shape index (κ1) is 18.7. The van der Waals surface area contributed by atoms with Gasteiger partial charge in [-0.3, -0.25) is 9.59 Å². The first-order chi connectivity index (χ1) is 10.8. The molecule has 0 fully saturated rings. The summed E-state index contributed by atoms with van der Waals surface area (Å²) >= 11 is 0. The van der Waals surface area contributed by atoms with Crippen LogP contribution >= 0.6 is 0 Å². The molecule has 2 atom stereocenters. The number of amides is 1. The smallest absolute Gasteiger partial charge is 0.333 e. The molecule has 126 valence electrons. The van der Waals surface area contributed by atoms with Crippen molar-refractivity contribution in [2.75, 3.05) is 7.11 Å². The van der Waals surface area contributed by atoms with Crippen LogP contribution < -0.4 is 5.32 Å². The maximum atomic E-state index is 12.6. The van der Waals surface area contributed by atoms with Gasteiger partial charge in [-0.1, -0.05) is 43.7 Å². The molecule has 0 aliphatic heterocycles. The van der Waals surface area contributed by atoms with Crippen LogP contribution in [0.5, 0.6) is 0 Å². The van der Waals surface area contributed by atoms with Gasteiger partial charge in [0.1, 0.15) is 0 Å². The van der Waals surface area contributed by atoms with Gasteiger partial charge in [0.05, 0.1) is 7.11 Å². The molecule has 0 heterocycles. The molecule has 1 amide bonds. The minimum atomic E-state index is -1.33. The average Bonchev–Trinajstić information content (AvgIpc) is 2.51. The molecule has 1 rings (SSSR count). The van der Waals surface area contributed by atoms with Gasteiger partial charge in [-0.05, 0) is 18.9 Å². The molecular formula is C17H23NO5. The maximum Gasteiger partial charge on any atom is 0.333 e. The van der Waals surface area contributed by atoms with E-state index in [9.17, 15) is 14.4 Å². The van der Waals surface area contributed by atoms with E-state index in [0.717, 1.165) is 0 Å². The van der Waals surface area contributed by atoms with Crippen LogP contribution in [0.15, 0.2) is 30.3 Å². The summed E-state index contributed by atoms with van der Waals surface area (Å²) in [6.07, 6.45) is 0.993. The van der Waals surface area contributed by atoms with Crippen LogP contribution in [-0.2, 0) is 23.9 Å². The Bertz CT molecular complexity index is 557. The molecule has 0 aliphatic carbocycles. The minimum Gasteiger partial charge on any atom is -0.467 e. The Hall–Kier alpha value is -2.37. The number of hydrogen-bond acceptors (Lipinski definition) is 5. The second-order valence-electron chi connectivity index (χ2n) is 5.41. The molecule has 0 bridgehead atoms. The Morgan fingerprint density at radius 3 is 2.30 bits per heavy atom. The van der Waals surface area contributed by atoms with Crippen molar-refractivity contribution >= 4 is 17.8 Å². The fourth-order valence-electron chi connectivity index (χ4n) is 2.33. The third-order valence-electron chi connectivity index (χ3n) is 3.42. The van der Waals surface area contributed by atoms with Crippen molar-refractivity contribution in [2.45, 2.75) is 45.3 Å². The Morgan fingerprint density at radius 1 is 1.22 bits per heavy atom. The summed E-state index contributed by atoms with van der Waals surface area (Å²) in [4.78, 5) is 35.9. The number of carbonyl (C=O) groups excluding carboxylic acids is 3. The SMILES string of the molecule is CCC[C@](C)(OC(C)=O)C(=O)N[C@H](C(=O)OC)c1ccccc1. The molecule has 0 unspecified atom stereocenters. The van der Waals surface area contributed by atoms with Crippen molar-refractivity contribution in [3.63, 3.8) is 0 Å². The van der Waals surface area contributed by atoms with E-state index >= 15 is 0 Å². The second kappa shape index (κ2) is 8.31. The number of methoxy groups -OCH3 is 1. The molecule has 0 aromatic heterocycles. The predicted molar refractivity (Wildman–Crippen MR) is 84.4 cm³/mol. The summed E-state index contributed by atoms with van der Waals surface area (Å²) in [6, 6.07) is 7.79. The van der Waals surface area contributed by atoms with Gasteiger partial charge in [-0.15, -0.1) is 0 Å². The zero-order valence-electron chi connectivity index (χ0n) is 13.9. The molecule has 6 heteroatoms. The fourth-order valence-corrected chi connectivity index (χ4v) is 2.33. The van der Waals surface area contributed by atoms with Crippen molar-refractivity contribution in [2.24, 2.45) is 0 Å². The van der Waals surface area contributed by atoms with Crippen molar-refractivity contribution in [1.82, 2.24) is 5.32 Å². The highest BCUT2D eigenvalue weighted by molar-refractivity contribution is 5.91. The quantitative estimate of drug-likeness (QED) is 0.778. The highest BCUT2D eigenvalue weighted by Crippen LogP contribution is 2.22. The lowest BCUT2D eigenvalue weighted by Gasteiger charge is -2.29. The number of benzene rings is 1. The van der Waals surface area contributed by atoms with Crippen LogP contribution in [0.3, 0.4) is 0 Å². The van der Waals surface area contributed by atoms with Gasteiger partial charge in [0.2, 0.25) is 0 Å². The monoisotopic (exact) mass is 321 g/mol. The van der Waals surface area contributed by atoms with Crippen LogP contribution in [0.2, 0.25) is 0 Å². The van der Waals surface area contributed by atoms with Crippen LogP contribution in [-0.4, -0.2) is 30.6 Å². The maximum absolute atomic E-state index is 12.6. The van der Waals surface area contributed by atoms with E-state index in [0.29, 0.717) is 18.4 Å². The standard InChI is InChI=1S/C17H23NO5/c1-5-11-17(3,23-12(2)19)16(21)18-14(15(20)22-4)13-9-7-6-8-10-13/h6-10,14H,5,11H2,1-4H3,(H,18,21)/t14-,17-/m0/s1. The average molecular weight is 321 g/mol. The molecule has 0 radical (unpaired) electrons. The van der Waals surface area contributed by atoms with Gasteiger partial charge in [-0.25, -0.2) is 4.79 Å². The number of nitrogens with one attached hydrogen (secondary N) is 1. The zero-order valence-corrected chi connectivity index (χ0v) is 13.9. The number of carbonyl (C=O) groups is 3. The summed E-state index contributed by atoms with van der Waals surface area (Å²) < 4.78 is 9.95. The summed E-state index contributed by atoms with van der Waals surface area (Å²) in [5.74, 6) is -1.68.